The van der Waals surface area contributed by atoms with Crippen molar-refractivity contribution in [2.24, 2.45) is 0 Å². The van der Waals surface area contributed by atoms with E-state index in [9.17, 15) is 13.2 Å². The Bertz CT molecular complexity index is 540. The van der Waals surface area contributed by atoms with E-state index in [0.717, 1.165) is 7.11 Å². The number of hydrogen-bond donors (Lipinski definition) is 2. The minimum Gasteiger partial charge on any atom is -0.494 e. The molecule has 0 fully saturated rings. The van der Waals surface area contributed by atoms with Gasteiger partial charge in [0.25, 0.3) is 0 Å². The van der Waals surface area contributed by atoms with Crippen LogP contribution in [0.25, 0.3) is 0 Å². The fourth-order valence-corrected chi connectivity index (χ4v) is 2.61. The highest BCUT2D eigenvalue weighted by Gasteiger charge is 2.25. The molecule has 7 nitrogen and oxygen atoms in total. The Labute approximate surface area is 117 Å². The normalized spacial score (nSPS) is 12.8. The summed E-state index contributed by atoms with van der Waals surface area (Å²) in [5.74, 6) is -0.319. The average molecular weight is 303 g/mol. The molecule has 8 heteroatoms. The van der Waals surface area contributed by atoms with Crippen molar-refractivity contribution in [3.8, 4) is 5.75 Å². The fraction of sp³-hybridized carbons (Fsp3) is 0.417. The van der Waals surface area contributed by atoms with Gasteiger partial charge < -0.3 is 14.6 Å². The predicted molar refractivity (Wildman–Crippen MR) is 70.8 cm³/mol. The van der Waals surface area contributed by atoms with Gasteiger partial charge in [-0.15, -0.1) is 0 Å². The molecule has 0 spiro atoms. The predicted octanol–water partition coefficient (Wildman–Crippen LogP) is -0.103. The first-order valence-electron chi connectivity index (χ1n) is 5.88. The highest BCUT2D eigenvalue weighted by atomic mass is 32.2. The van der Waals surface area contributed by atoms with E-state index in [1.165, 1.54) is 24.3 Å². The van der Waals surface area contributed by atoms with Crippen LogP contribution in [0, 0.1) is 0 Å². The first kappa shape index (κ1) is 16.4. The monoisotopic (exact) mass is 303 g/mol. The molecule has 112 valence electrons. The minimum atomic E-state index is -3.92. The average Bonchev–Trinajstić information content (AvgIpc) is 2.45. The molecule has 1 aromatic rings. The van der Waals surface area contributed by atoms with Gasteiger partial charge in [0, 0.05) is 0 Å². The number of hydrogen-bond acceptors (Lipinski definition) is 6. The Kier molecular flexibility index (Phi) is 5.93. The van der Waals surface area contributed by atoms with Crippen LogP contribution in [0.2, 0.25) is 0 Å². The van der Waals surface area contributed by atoms with E-state index in [2.05, 4.69) is 9.46 Å². The standard InChI is InChI=1S/C12H17NO6S/c1-3-19-9-4-6-10(7-5-9)20(16,17)13-11(8-14)12(15)18-2/h4-7,11,13-14H,3,8H2,1-2H3. The number of carbonyl (C=O) groups is 1. The minimum absolute atomic E-state index is 0.0386. The summed E-state index contributed by atoms with van der Waals surface area (Å²) in [5, 5.41) is 9.00. The number of ether oxygens (including phenoxy) is 2. The summed E-state index contributed by atoms with van der Waals surface area (Å²) >= 11 is 0. The first-order chi connectivity index (χ1) is 9.44. The number of benzene rings is 1. The zero-order chi connectivity index (χ0) is 15.2. The van der Waals surface area contributed by atoms with E-state index in [0.29, 0.717) is 12.4 Å². The van der Waals surface area contributed by atoms with Crippen LogP contribution in [-0.2, 0) is 19.6 Å². The van der Waals surface area contributed by atoms with Crippen LogP contribution in [0.1, 0.15) is 6.92 Å². The molecular weight excluding hydrogens is 286 g/mol. The van der Waals surface area contributed by atoms with Gasteiger partial charge in [0.2, 0.25) is 10.0 Å². The smallest absolute Gasteiger partial charge is 0.326 e. The molecule has 1 rings (SSSR count). The molecule has 0 bridgehead atoms. The summed E-state index contributed by atoms with van der Waals surface area (Å²) in [7, 11) is -2.82. The van der Waals surface area contributed by atoms with Crippen molar-refractivity contribution in [1.29, 1.82) is 0 Å². The molecule has 0 heterocycles. The lowest BCUT2D eigenvalue weighted by Gasteiger charge is -2.14. The summed E-state index contributed by atoms with van der Waals surface area (Å²) in [6, 6.07) is 4.36. The molecule has 0 aliphatic carbocycles. The maximum atomic E-state index is 12.0. The number of methoxy groups -OCH3 is 1. The second-order valence-corrected chi connectivity index (χ2v) is 5.50. The van der Waals surface area contributed by atoms with E-state index in [-0.39, 0.29) is 4.90 Å². The highest BCUT2D eigenvalue weighted by Crippen LogP contribution is 2.16. The number of aliphatic hydroxyl groups is 1. The van der Waals surface area contributed by atoms with Gasteiger partial charge in [-0.05, 0) is 31.2 Å². The van der Waals surface area contributed by atoms with Gasteiger partial charge >= 0.3 is 5.97 Å². The number of aliphatic hydroxyl groups excluding tert-OH is 1. The van der Waals surface area contributed by atoms with Crippen LogP contribution in [0.5, 0.6) is 5.75 Å². The van der Waals surface area contributed by atoms with Crippen LogP contribution >= 0.6 is 0 Å². The molecule has 0 amide bonds. The van der Waals surface area contributed by atoms with E-state index in [1.807, 2.05) is 6.92 Å². The molecule has 0 aromatic heterocycles. The number of esters is 1. The second-order valence-electron chi connectivity index (χ2n) is 3.78. The van der Waals surface area contributed by atoms with Gasteiger partial charge in [0.15, 0.2) is 0 Å². The first-order valence-corrected chi connectivity index (χ1v) is 7.36. The van der Waals surface area contributed by atoms with Crippen molar-refractivity contribution in [1.82, 2.24) is 4.72 Å². The molecule has 2 N–H and O–H groups in total. The summed E-state index contributed by atoms with van der Waals surface area (Å²) in [4.78, 5) is 11.2. The lowest BCUT2D eigenvalue weighted by Crippen LogP contribution is -2.43. The van der Waals surface area contributed by atoms with E-state index in [4.69, 9.17) is 9.84 Å². The molecule has 0 saturated heterocycles. The van der Waals surface area contributed by atoms with Crippen molar-refractivity contribution in [3.63, 3.8) is 0 Å². The zero-order valence-corrected chi connectivity index (χ0v) is 12.0. The lowest BCUT2D eigenvalue weighted by atomic mass is 10.3. The topological polar surface area (TPSA) is 102 Å². The van der Waals surface area contributed by atoms with Gasteiger partial charge in [0.1, 0.15) is 11.8 Å². The van der Waals surface area contributed by atoms with Gasteiger partial charge in [-0.2, -0.15) is 4.72 Å². The van der Waals surface area contributed by atoms with Crippen LogP contribution in [0.3, 0.4) is 0 Å². The molecular formula is C12H17NO6S. The molecule has 0 radical (unpaired) electrons. The third-order valence-electron chi connectivity index (χ3n) is 2.41. The Balaban J connectivity index is 2.90. The molecule has 1 atom stereocenters. The highest BCUT2D eigenvalue weighted by molar-refractivity contribution is 7.89. The van der Waals surface area contributed by atoms with Gasteiger partial charge in [0.05, 0.1) is 25.2 Å². The Morgan fingerprint density at radius 2 is 1.95 bits per heavy atom. The molecule has 1 unspecified atom stereocenters. The van der Waals surface area contributed by atoms with Gasteiger partial charge in [-0.25, -0.2) is 8.42 Å². The number of sulfonamides is 1. The van der Waals surface area contributed by atoms with Crippen LogP contribution in [0.15, 0.2) is 29.2 Å². The molecule has 0 aliphatic heterocycles. The van der Waals surface area contributed by atoms with E-state index in [1.54, 1.807) is 0 Å². The van der Waals surface area contributed by atoms with E-state index >= 15 is 0 Å². The van der Waals surface area contributed by atoms with Crippen molar-refractivity contribution in [2.75, 3.05) is 20.3 Å². The summed E-state index contributed by atoms with van der Waals surface area (Å²) < 4.78 is 35.7. The number of rotatable bonds is 7. The molecule has 0 saturated carbocycles. The number of carbonyl (C=O) groups excluding carboxylic acids is 1. The molecule has 1 aromatic carbocycles. The van der Waals surface area contributed by atoms with Gasteiger partial charge in [-0.3, -0.25) is 4.79 Å². The third-order valence-corrected chi connectivity index (χ3v) is 3.90. The fourth-order valence-electron chi connectivity index (χ4n) is 1.44. The third kappa shape index (κ3) is 4.19. The zero-order valence-electron chi connectivity index (χ0n) is 11.2. The molecule has 0 aliphatic rings. The summed E-state index contributed by atoms with van der Waals surface area (Å²) in [6.45, 7) is 1.59. The van der Waals surface area contributed by atoms with Crippen LogP contribution in [-0.4, -0.2) is 45.9 Å². The van der Waals surface area contributed by atoms with Crippen molar-refractivity contribution < 1.29 is 27.8 Å². The summed E-state index contributed by atoms with van der Waals surface area (Å²) in [6.07, 6.45) is 0. The number of nitrogens with one attached hydrogen (secondary N) is 1. The van der Waals surface area contributed by atoms with Crippen molar-refractivity contribution in [2.45, 2.75) is 17.9 Å². The van der Waals surface area contributed by atoms with Crippen LogP contribution < -0.4 is 9.46 Å². The summed E-state index contributed by atoms with van der Waals surface area (Å²) in [5.41, 5.74) is 0. The quantitative estimate of drug-likeness (QED) is 0.682. The lowest BCUT2D eigenvalue weighted by molar-refractivity contribution is -0.143. The maximum Gasteiger partial charge on any atom is 0.326 e. The second kappa shape index (κ2) is 7.22. The Hall–Kier alpha value is -1.64. The molecule has 20 heavy (non-hydrogen) atoms. The van der Waals surface area contributed by atoms with Crippen LogP contribution in [0.4, 0.5) is 0 Å². The Morgan fingerprint density at radius 1 is 1.35 bits per heavy atom. The van der Waals surface area contributed by atoms with E-state index < -0.39 is 28.6 Å². The Morgan fingerprint density at radius 3 is 2.40 bits per heavy atom. The largest absolute Gasteiger partial charge is 0.494 e. The maximum absolute atomic E-state index is 12.0. The SMILES string of the molecule is CCOc1ccc(S(=O)(=O)NC(CO)C(=O)OC)cc1. The van der Waals surface area contributed by atoms with Gasteiger partial charge in [-0.1, -0.05) is 0 Å². The van der Waals surface area contributed by atoms with Crippen molar-refractivity contribution >= 4 is 16.0 Å². The van der Waals surface area contributed by atoms with Crippen molar-refractivity contribution in [3.05, 3.63) is 24.3 Å².